The Hall–Kier alpha value is -2.47. The van der Waals surface area contributed by atoms with Crippen molar-refractivity contribution < 1.29 is 9.72 Å². The van der Waals surface area contributed by atoms with Gasteiger partial charge < -0.3 is 5.32 Å². The number of halogens is 1. The minimum Gasteiger partial charge on any atom is -0.317 e. The first-order valence-electron chi connectivity index (χ1n) is 6.04. The van der Waals surface area contributed by atoms with Crippen LogP contribution in [-0.4, -0.2) is 10.8 Å². The standard InChI is InChI=1S/C15H11BrN2O3/c16-12-8-5-11(6-9-12)7-10-15(19)17-13-3-1-2-4-14(13)18(20)21/h1-10H,(H,17,19)/b10-7+. The topological polar surface area (TPSA) is 72.2 Å². The van der Waals surface area contributed by atoms with Crippen molar-refractivity contribution >= 4 is 39.3 Å². The van der Waals surface area contributed by atoms with Crippen molar-refractivity contribution in [2.24, 2.45) is 0 Å². The van der Waals surface area contributed by atoms with E-state index in [1.54, 1.807) is 18.2 Å². The molecule has 2 aromatic rings. The highest BCUT2D eigenvalue weighted by Crippen LogP contribution is 2.23. The summed E-state index contributed by atoms with van der Waals surface area (Å²) in [5, 5.41) is 13.3. The number of para-hydroxylation sites is 2. The predicted octanol–water partition coefficient (Wildman–Crippen LogP) is 4.01. The van der Waals surface area contributed by atoms with Gasteiger partial charge in [0.15, 0.2) is 0 Å². The van der Waals surface area contributed by atoms with Gasteiger partial charge in [0.25, 0.3) is 5.69 Å². The van der Waals surface area contributed by atoms with Gasteiger partial charge in [0, 0.05) is 16.6 Å². The molecule has 0 spiro atoms. The Morgan fingerprint density at radius 2 is 1.81 bits per heavy atom. The number of anilines is 1. The average Bonchev–Trinajstić information content (AvgIpc) is 2.47. The number of carbonyl (C=O) groups excluding carboxylic acids is 1. The normalized spacial score (nSPS) is 10.5. The lowest BCUT2D eigenvalue weighted by molar-refractivity contribution is -0.383. The first-order valence-corrected chi connectivity index (χ1v) is 6.83. The van der Waals surface area contributed by atoms with Gasteiger partial charge in [-0.3, -0.25) is 14.9 Å². The van der Waals surface area contributed by atoms with Crippen molar-refractivity contribution in [1.82, 2.24) is 0 Å². The number of hydrogen-bond donors (Lipinski definition) is 1. The van der Waals surface area contributed by atoms with Crippen LogP contribution < -0.4 is 5.32 Å². The molecule has 0 aliphatic heterocycles. The summed E-state index contributed by atoms with van der Waals surface area (Å²) in [6.45, 7) is 0. The molecule has 0 atom stereocenters. The number of nitrogens with one attached hydrogen (secondary N) is 1. The molecule has 0 aromatic heterocycles. The van der Waals surface area contributed by atoms with Crippen LogP contribution >= 0.6 is 15.9 Å². The second-order valence-corrected chi connectivity index (χ2v) is 5.06. The number of nitro groups is 1. The van der Waals surface area contributed by atoms with Gasteiger partial charge in [-0.2, -0.15) is 0 Å². The number of nitrogens with zero attached hydrogens (tertiary/aromatic N) is 1. The fourth-order valence-corrected chi connectivity index (χ4v) is 1.92. The molecule has 0 aliphatic rings. The molecule has 1 N–H and O–H groups in total. The summed E-state index contributed by atoms with van der Waals surface area (Å²) in [5.41, 5.74) is 0.895. The maximum Gasteiger partial charge on any atom is 0.292 e. The van der Waals surface area contributed by atoms with E-state index >= 15 is 0 Å². The number of hydrogen-bond acceptors (Lipinski definition) is 3. The van der Waals surface area contributed by atoms with E-state index in [0.29, 0.717) is 0 Å². The molecule has 0 heterocycles. The maximum atomic E-state index is 11.8. The molecular formula is C15H11BrN2O3. The van der Waals surface area contributed by atoms with Crippen LogP contribution in [0.4, 0.5) is 11.4 Å². The monoisotopic (exact) mass is 346 g/mol. The minimum absolute atomic E-state index is 0.136. The van der Waals surface area contributed by atoms with E-state index in [0.717, 1.165) is 10.0 Å². The van der Waals surface area contributed by atoms with Crippen molar-refractivity contribution in [3.05, 3.63) is 74.8 Å². The van der Waals surface area contributed by atoms with Crippen LogP contribution in [0.5, 0.6) is 0 Å². The summed E-state index contributed by atoms with van der Waals surface area (Å²) in [6.07, 6.45) is 2.97. The molecule has 106 valence electrons. The van der Waals surface area contributed by atoms with Crippen molar-refractivity contribution in [1.29, 1.82) is 0 Å². The smallest absolute Gasteiger partial charge is 0.292 e. The molecule has 1 amide bonds. The third-order valence-electron chi connectivity index (χ3n) is 2.66. The maximum absolute atomic E-state index is 11.8. The van der Waals surface area contributed by atoms with Crippen molar-refractivity contribution in [3.8, 4) is 0 Å². The molecule has 0 saturated carbocycles. The Kier molecular flexibility index (Phi) is 4.84. The summed E-state index contributed by atoms with van der Waals surface area (Å²) in [4.78, 5) is 22.1. The Balaban J connectivity index is 2.08. The van der Waals surface area contributed by atoms with E-state index in [4.69, 9.17) is 0 Å². The van der Waals surface area contributed by atoms with E-state index in [1.165, 1.54) is 18.2 Å². The number of carbonyl (C=O) groups is 1. The zero-order valence-corrected chi connectivity index (χ0v) is 12.4. The second kappa shape index (κ2) is 6.81. The Morgan fingerprint density at radius 1 is 1.14 bits per heavy atom. The molecule has 2 aromatic carbocycles. The Bertz CT molecular complexity index is 696. The van der Waals surface area contributed by atoms with E-state index in [-0.39, 0.29) is 11.4 Å². The van der Waals surface area contributed by atoms with Gasteiger partial charge in [-0.05, 0) is 29.8 Å². The zero-order chi connectivity index (χ0) is 15.2. The molecule has 0 unspecified atom stereocenters. The van der Waals surface area contributed by atoms with E-state index in [9.17, 15) is 14.9 Å². The lowest BCUT2D eigenvalue weighted by Crippen LogP contribution is -2.09. The third-order valence-corrected chi connectivity index (χ3v) is 3.18. The molecule has 5 nitrogen and oxygen atoms in total. The summed E-state index contributed by atoms with van der Waals surface area (Å²) >= 11 is 3.32. The molecule has 0 fully saturated rings. The van der Waals surface area contributed by atoms with Crippen LogP contribution in [0, 0.1) is 10.1 Å². The van der Waals surface area contributed by atoms with Crippen LogP contribution in [0.1, 0.15) is 5.56 Å². The third kappa shape index (κ3) is 4.25. The highest BCUT2D eigenvalue weighted by atomic mass is 79.9. The van der Waals surface area contributed by atoms with Crippen molar-refractivity contribution in [3.63, 3.8) is 0 Å². The summed E-state index contributed by atoms with van der Waals surface area (Å²) in [6, 6.07) is 13.4. The fourth-order valence-electron chi connectivity index (χ4n) is 1.66. The molecule has 0 radical (unpaired) electrons. The van der Waals surface area contributed by atoms with E-state index in [2.05, 4.69) is 21.2 Å². The van der Waals surface area contributed by atoms with Gasteiger partial charge in [-0.15, -0.1) is 0 Å². The van der Waals surface area contributed by atoms with Gasteiger partial charge in [-0.1, -0.05) is 40.2 Å². The van der Waals surface area contributed by atoms with Crippen molar-refractivity contribution in [2.75, 3.05) is 5.32 Å². The molecular weight excluding hydrogens is 336 g/mol. The van der Waals surface area contributed by atoms with Gasteiger partial charge in [0.1, 0.15) is 5.69 Å². The number of nitro benzene ring substituents is 1. The van der Waals surface area contributed by atoms with Gasteiger partial charge in [-0.25, -0.2) is 0 Å². The summed E-state index contributed by atoms with van der Waals surface area (Å²) in [5.74, 6) is -0.424. The number of amides is 1. The lowest BCUT2D eigenvalue weighted by atomic mass is 10.2. The molecule has 6 heteroatoms. The Labute approximate surface area is 129 Å². The summed E-state index contributed by atoms with van der Waals surface area (Å²) < 4.78 is 0.948. The highest BCUT2D eigenvalue weighted by molar-refractivity contribution is 9.10. The molecule has 21 heavy (non-hydrogen) atoms. The molecule has 0 aliphatic carbocycles. The van der Waals surface area contributed by atoms with Crippen LogP contribution in [0.3, 0.4) is 0 Å². The van der Waals surface area contributed by atoms with Crippen molar-refractivity contribution in [2.45, 2.75) is 0 Å². The zero-order valence-electron chi connectivity index (χ0n) is 10.8. The van der Waals surface area contributed by atoms with Gasteiger partial charge in [0.2, 0.25) is 5.91 Å². The highest BCUT2D eigenvalue weighted by Gasteiger charge is 2.13. The first kappa shape index (κ1) is 14.9. The summed E-state index contributed by atoms with van der Waals surface area (Å²) in [7, 11) is 0. The van der Waals surface area contributed by atoms with Gasteiger partial charge >= 0.3 is 0 Å². The van der Waals surface area contributed by atoms with Crippen LogP contribution in [-0.2, 0) is 4.79 Å². The van der Waals surface area contributed by atoms with E-state index < -0.39 is 10.8 Å². The molecule has 0 bridgehead atoms. The largest absolute Gasteiger partial charge is 0.317 e. The Morgan fingerprint density at radius 3 is 2.48 bits per heavy atom. The van der Waals surface area contributed by atoms with Crippen LogP contribution in [0.25, 0.3) is 6.08 Å². The second-order valence-electron chi connectivity index (χ2n) is 4.15. The molecule has 2 rings (SSSR count). The van der Waals surface area contributed by atoms with Crippen LogP contribution in [0.15, 0.2) is 59.1 Å². The average molecular weight is 347 g/mol. The quantitative estimate of drug-likeness (QED) is 0.516. The fraction of sp³-hybridized carbons (Fsp3) is 0. The first-order chi connectivity index (χ1) is 10.1. The minimum atomic E-state index is -0.534. The predicted molar refractivity (Wildman–Crippen MR) is 84.9 cm³/mol. The van der Waals surface area contributed by atoms with Gasteiger partial charge in [0.05, 0.1) is 4.92 Å². The number of benzene rings is 2. The molecule has 0 saturated heterocycles. The van der Waals surface area contributed by atoms with Crippen LogP contribution in [0.2, 0.25) is 0 Å². The SMILES string of the molecule is O=C(/C=C/c1ccc(Br)cc1)Nc1ccccc1[N+](=O)[O-]. The number of rotatable bonds is 4. The van der Waals surface area contributed by atoms with E-state index in [1.807, 2.05) is 24.3 Å². The lowest BCUT2D eigenvalue weighted by Gasteiger charge is -2.02.